The number of β-amino-alcohol motifs (C(OH)–C–C–N with tert-alkyl or cyclic N) is 1. The lowest BCUT2D eigenvalue weighted by molar-refractivity contribution is -0.133. The Hall–Kier alpha value is -0.650. The van der Waals surface area contributed by atoms with Crippen molar-refractivity contribution >= 4 is 5.91 Å². The number of aliphatic hydroxyl groups excluding tert-OH is 1. The van der Waals surface area contributed by atoms with E-state index in [1.54, 1.807) is 0 Å². The van der Waals surface area contributed by atoms with Gasteiger partial charge in [0.25, 0.3) is 0 Å². The molecule has 20 heavy (non-hydrogen) atoms. The summed E-state index contributed by atoms with van der Waals surface area (Å²) in [7, 11) is 0. The van der Waals surface area contributed by atoms with Crippen molar-refractivity contribution in [1.82, 2.24) is 9.80 Å². The lowest BCUT2D eigenvalue weighted by atomic mass is 9.88. The minimum absolute atomic E-state index is 0.198. The molecular weight excluding hydrogens is 254 g/mol. The lowest BCUT2D eigenvalue weighted by Gasteiger charge is -2.34. The molecule has 5 nitrogen and oxygen atoms in total. The summed E-state index contributed by atoms with van der Waals surface area (Å²) in [6.45, 7) is 9.38. The van der Waals surface area contributed by atoms with Gasteiger partial charge in [-0.3, -0.25) is 9.69 Å². The van der Waals surface area contributed by atoms with E-state index in [-0.39, 0.29) is 12.5 Å². The summed E-state index contributed by atoms with van der Waals surface area (Å²) in [6.07, 6.45) is 2.60. The standard InChI is InChI=1S/C15H31N3O2/c1-13(2)14(5-6-16)3-4-15(20)18-9-7-17(8-10-18)11-12-19/h13-14,19H,3-12,16H2,1-2H3. The van der Waals surface area contributed by atoms with Gasteiger partial charge in [0.2, 0.25) is 5.91 Å². The van der Waals surface area contributed by atoms with Gasteiger partial charge in [0.15, 0.2) is 0 Å². The molecule has 0 spiro atoms. The molecule has 118 valence electrons. The van der Waals surface area contributed by atoms with Crippen LogP contribution in [0.4, 0.5) is 0 Å². The third kappa shape index (κ3) is 5.77. The van der Waals surface area contributed by atoms with Crippen molar-refractivity contribution in [2.45, 2.75) is 33.1 Å². The predicted octanol–water partition coefficient (Wildman–Crippen LogP) is 0.524. The van der Waals surface area contributed by atoms with Crippen LogP contribution in [0.15, 0.2) is 0 Å². The number of hydrogen-bond acceptors (Lipinski definition) is 4. The van der Waals surface area contributed by atoms with Gasteiger partial charge in [-0.25, -0.2) is 0 Å². The molecule has 1 aliphatic heterocycles. The molecule has 1 saturated heterocycles. The highest BCUT2D eigenvalue weighted by Gasteiger charge is 2.22. The number of piperazine rings is 1. The van der Waals surface area contributed by atoms with Gasteiger partial charge in [-0.1, -0.05) is 13.8 Å². The van der Waals surface area contributed by atoms with Crippen molar-refractivity contribution in [3.63, 3.8) is 0 Å². The maximum atomic E-state index is 12.2. The van der Waals surface area contributed by atoms with Crippen molar-refractivity contribution in [3.05, 3.63) is 0 Å². The van der Waals surface area contributed by atoms with Gasteiger partial charge in [0.05, 0.1) is 6.61 Å². The fraction of sp³-hybridized carbons (Fsp3) is 0.933. The average molecular weight is 285 g/mol. The van der Waals surface area contributed by atoms with Crippen molar-refractivity contribution in [2.75, 3.05) is 45.9 Å². The maximum Gasteiger partial charge on any atom is 0.222 e. The van der Waals surface area contributed by atoms with Crippen LogP contribution in [0.3, 0.4) is 0 Å². The summed E-state index contributed by atoms with van der Waals surface area (Å²) in [5, 5.41) is 8.91. The predicted molar refractivity (Wildman–Crippen MR) is 81.3 cm³/mol. The molecule has 1 heterocycles. The Morgan fingerprint density at radius 3 is 2.35 bits per heavy atom. The number of nitrogens with two attached hydrogens (primary N) is 1. The van der Waals surface area contributed by atoms with E-state index in [4.69, 9.17) is 10.8 Å². The maximum absolute atomic E-state index is 12.2. The normalized spacial score (nSPS) is 18.6. The minimum atomic E-state index is 0.198. The zero-order valence-corrected chi connectivity index (χ0v) is 13.1. The highest BCUT2D eigenvalue weighted by atomic mass is 16.3. The Bertz CT molecular complexity index is 276. The third-order valence-electron chi connectivity index (χ3n) is 4.35. The molecule has 0 saturated carbocycles. The molecule has 1 rings (SSSR count). The molecule has 1 fully saturated rings. The van der Waals surface area contributed by atoms with Gasteiger partial charge < -0.3 is 15.7 Å². The second-order valence-corrected chi connectivity index (χ2v) is 6.07. The third-order valence-corrected chi connectivity index (χ3v) is 4.35. The Balaban J connectivity index is 2.29. The van der Waals surface area contributed by atoms with E-state index in [0.717, 1.165) is 39.0 Å². The lowest BCUT2D eigenvalue weighted by Crippen LogP contribution is -2.49. The summed E-state index contributed by atoms with van der Waals surface area (Å²) >= 11 is 0. The second kappa shape index (κ2) is 9.32. The number of amides is 1. The van der Waals surface area contributed by atoms with Crippen LogP contribution in [0, 0.1) is 11.8 Å². The van der Waals surface area contributed by atoms with Crippen LogP contribution < -0.4 is 5.73 Å². The first-order valence-electron chi connectivity index (χ1n) is 7.89. The van der Waals surface area contributed by atoms with E-state index in [1.165, 1.54) is 0 Å². The number of carbonyl (C=O) groups excluding carboxylic acids is 1. The highest BCUT2D eigenvalue weighted by Crippen LogP contribution is 2.21. The van der Waals surface area contributed by atoms with Gasteiger partial charge in [-0.2, -0.15) is 0 Å². The molecule has 0 bridgehead atoms. The van der Waals surface area contributed by atoms with Crippen LogP contribution in [0.2, 0.25) is 0 Å². The number of rotatable bonds is 8. The average Bonchev–Trinajstić information content (AvgIpc) is 2.44. The van der Waals surface area contributed by atoms with Crippen molar-refractivity contribution in [3.8, 4) is 0 Å². The summed E-state index contributed by atoms with van der Waals surface area (Å²) in [5.41, 5.74) is 5.64. The number of nitrogens with zero attached hydrogens (tertiary/aromatic N) is 2. The van der Waals surface area contributed by atoms with E-state index in [1.807, 2.05) is 4.90 Å². The highest BCUT2D eigenvalue weighted by molar-refractivity contribution is 5.76. The van der Waals surface area contributed by atoms with Crippen LogP contribution in [0.5, 0.6) is 0 Å². The van der Waals surface area contributed by atoms with E-state index >= 15 is 0 Å². The SMILES string of the molecule is CC(C)C(CCN)CCC(=O)N1CCN(CCO)CC1. The molecule has 1 amide bonds. The molecule has 1 unspecified atom stereocenters. The smallest absolute Gasteiger partial charge is 0.222 e. The first-order valence-corrected chi connectivity index (χ1v) is 7.89. The monoisotopic (exact) mass is 285 g/mol. The number of aliphatic hydroxyl groups is 1. The molecule has 0 aliphatic carbocycles. The molecule has 0 radical (unpaired) electrons. The molecule has 0 aromatic heterocycles. The topological polar surface area (TPSA) is 69.8 Å². The van der Waals surface area contributed by atoms with Crippen LogP contribution in [-0.2, 0) is 4.79 Å². The molecule has 0 aromatic carbocycles. The number of hydrogen-bond donors (Lipinski definition) is 2. The summed E-state index contributed by atoms with van der Waals surface area (Å²) in [4.78, 5) is 16.4. The van der Waals surface area contributed by atoms with Crippen molar-refractivity contribution in [2.24, 2.45) is 17.6 Å². The minimum Gasteiger partial charge on any atom is -0.395 e. The van der Waals surface area contributed by atoms with E-state index in [9.17, 15) is 4.79 Å². The van der Waals surface area contributed by atoms with Gasteiger partial charge in [-0.15, -0.1) is 0 Å². The quantitative estimate of drug-likeness (QED) is 0.682. The van der Waals surface area contributed by atoms with Crippen molar-refractivity contribution in [1.29, 1.82) is 0 Å². The van der Waals surface area contributed by atoms with Crippen LogP contribution in [0.25, 0.3) is 0 Å². The van der Waals surface area contributed by atoms with E-state index < -0.39 is 0 Å². The Labute approximate surface area is 123 Å². The Morgan fingerprint density at radius 2 is 1.85 bits per heavy atom. The van der Waals surface area contributed by atoms with E-state index in [0.29, 0.717) is 31.3 Å². The summed E-state index contributed by atoms with van der Waals surface area (Å²) in [6, 6.07) is 0. The number of carbonyl (C=O) groups is 1. The summed E-state index contributed by atoms with van der Waals surface area (Å²) < 4.78 is 0. The Morgan fingerprint density at radius 1 is 1.20 bits per heavy atom. The van der Waals surface area contributed by atoms with Crippen LogP contribution in [-0.4, -0.2) is 66.7 Å². The first kappa shape index (κ1) is 17.4. The van der Waals surface area contributed by atoms with Gasteiger partial charge in [0.1, 0.15) is 0 Å². The van der Waals surface area contributed by atoms with Gasteiger partial charge in [-0.05, 0) is 31.2 Å². The fourth-order valence-electron chi connectivity index (χ4n) is 2.85. The molecule has 1 atom stereocenters. The molecule has 5 heteroatoms. The van der Waals surface area contributed by atoms with Crippen LogP contribution in [0.1, 0.15) is 33.1 Å². The van der Waals surface area contributed by atoms with Gasteiger partial charge >= 0.3 is 0 Å². The van der Waals surface area contributed by atoms with Crippen LogP contribution >= 0.6 is 0 Å². The fourth-order valence-corrected chi connectivity index (χ4v) is 2.85. The zero-order valence-electron chi connectivity index (χ0n) is 13.1. The molecule has 1 aliphatic rings. The first-order chi connectivity index (χ1) is 9.58. The molecular formula is C15H31N3O2. The largest absolute Gasteiger partial charge is 0.395 e. The summed E-state index contributed by atoms with van der Waals surface area (Å²) in [5.74, 6) is 1.42. The molecule has 3 N–H and O–H groups in total. The van der Waals surface area contributed by atoms with Gasteiger partial charge in [0, 0.05) is 39.1 Å². The Kier molecular flexibility index (Phi) is 8.11. The van der Waals surface area contributed by atoms with Crippen molar-refractivity contribution < 1.29 is 9.90 Å². The zero-order chi connectivity index (χ0) is 15.0. The molecule has 0 aromatic rings. The van der Waals surface area contributed by atoms with E-state index in [2.05, 4.69) is 18.7 Å². The second-order valence-electron chi connectivity index (χ2n) is 6.07.